The van der Waals surface area contributed by atoms with E-state index in [4.69, 9.17) is 9.47 Å². The Morgan fingerprint density at radius 3 is 2.35 bits per heavy atom. The number of piperidine rings is 1. The summed E-state index contributed by atoms with van der Waals surface area (Å²) in [5, 5.41) is 5.67. The summed E-state index contributed by atoms with van der Waals surface area (Å²) in [6, 6.07) is 15.8. The Labute approximate surface area is 285 Å². The second-order valence-corrected chi connectivity index (χ2v) is 14.0. The van der Waals surface area contributed by atoms with E-state index in [2.05, 4.69) is 16.7 Å². The molecule has 0 saturated carbocycles. The molecule has 2 heterocycles. The van der Waals surface area contributed by atoms with Crippen molar-refractivity contribution in [2.75, 3.05) is 26.3 Å². The zero-order chi connectivity index (χ0) is 35.5. The number of nitrogens with one attached hydrogen (secondary N) is 2. The van der Waals surface area contributed by atoms with Crippen molar-refractivity contribution in [3.63, 3.8) is 0 Å². The summed E-state index contributed by atoms with van der Waals surface area (Å²) in [6.07, 6.45) is -3.38. The number of aryl methyl sites for hydroxylation is 1. The molecule has 0 bridgehead atoms. The average molecular weight is 680 g/mol. The molecule has 2 atom stereocenters. The van der Waals surface area contributed by atoms with Gasteiger partial charge in [-0.1, -0.05) is 42.0 Å². The molecule has 1 unspecified atom stereocenters. The van der Waals surface area contributed by atoms with Crippen molar-refractivity contribution < 1.29 is 37.0 Å². The molecule has 3 aromatic rings. The number of rotatable bonds is 8. The number of hydrogen-bond acceptors (Lipinski definition) is 5. The number of hydrogen-bond donors (Lipinski definition) is 2. The van der Waals surface area contributed by atoms with E-state index in [-0.39, 0.29) is 30.2 Å². The zero-order valence-corrected chi connectivity index (χ0v) is 28.6. The lowest BCUT2D eigenvalue weighted by Crippen LogP contribution is -2.48. The predicted molar refractivity (Wildman–Crippen MR) is 180 cm³/mol. The van der Waals surface area contributed by atoms with Crippen LogP contribution in [0.1, 0.15) is 90.7 Å². The highest BCUT2D eigenvalue weighted by Gasteiger charge is 2.34. The molecule has 0 radical (unpaired) electrons. The van der Waals surface area contributed by atoms with Crippen LogP contribution in [0.4, 0.5) is 18.0 Å². The summed E-state index contributed by atoms with van der Waals surface area (Å²) < 4.78 is 51.4. The van der Waals surface area contributed by atoms with Crippen molar-refractivity contribution >= 4 is 17.9 Å². The van der Waals surface area contributed by atoms with Gasteiger partial charge in [-0.2, -0.15) is 13.2 Å². The molecule has 2 fully saturated rings. The zero-order valence-electron chi connectivity index (χ0n) is 28.6. The van der Waals surface area contributed by atoms with Gasteiger partial charge in [-0.3, -0.25) is 9.59 Å². The van der Waals surface area contributed by atoms with Crippen LogP contribution >= 0.6 is 0 Å². The predicted octanol–water partition coefficient (Wildman–Crippen LogP) is 7.55. The second-order valence-electron chi connectivity index (χ2n) is 14.0. The molecule has 2 saturated heterocycles. The lowest BCUT2D eigenvalue weighted by molar-refractivity contribution is -0.151. The minimum Gasteiger partial charge on any atom is -0.444 e. The standard InChI is InChI=1S/C38H44F3N3O5/c1-23-15-29(28-7-6-14-44(20-28)35(46)31-21-48-22-31)17-30(16-23)34(45)43-24(2)25-8-10-26(11-9-25)33-18-32(38(39,40)41)13-12-27(33)19-42-36(47)49-37(3,4)5/h8-13,15-18,24,28,31H,6-7,14,19-22H2,1-5H3,(H,42,47)(H,43,45)/t24-,28?/m1/s1. The van der Waals surface area contributed by atoms with E-state index in [9.17, 15) is 27.6 Å². The molecular weight excluding hydrogens is 635 g/mol. The van der Waals surface area contributed by atoms with Crippen LogP contribution in [0, 0.1) is 12.8 Å². The van der Waals surface area contributed by atoms with Gasteiger partial charge in [0.25, 0.3) is 5.91 Å². The Morgan fingerprint density at radius 2 is 1.71 bits per heavy atom. The van der Waals surface area contributed by atoms with Crippen LogP contribution in [-0.4, -0.2) is 54.7 Å². The number of alkyl carbamates (subject to hydrolysis) is 1. The number of halogens is 3. The minimum atomic E-state index is -4.54. The van der Waals surface area contributed by atoms with Gasteiger partial charge < -0.3 is 25.0 Å². The molecule has 5 rings (SSSR count). The topological polar surface area (TPSA) is 97.0 Å². The van der Waals surface area contributed by atoms with Crippen LogP contribution in [0.5, 0.6) is 0 Å². The van der Waals surface area contributed by atoms with Crippen molar-refractivity contribution in [3.05, 3.63) is 94.0 Å². The Bertz CT molecular complexity index is 1680. The van der Waals surface area contributed by atoms with E-state index in [0.717, 1.165) is 48.2 Å². The molecule has 2 aliphatic rings. The third-order valence-corrected chi connectivity index (χ3v) is 8.88. The molecule has 3 aromatic carbocycles. The number of nitrogens with zero attached hydrogens (tertiary/aromatic N) is 1. The van der Waals surface area contributed by atoms with Gasteiger partial charge in [0.05, 0.1) is 30.7 Å². The molecule has 0 spiro atoms. The number of carbonyl (C=O) groups is 3. The number of ether oxygens (including phenoxy) is 2. The van der Waals surface area contributed by atoms with Crippen LogP contribution < -0.4 is 10.6 Å². The first-order valence-corrected chi connectivity index (χ1v) is 16.6. The fourth-order valence-electron chi connectivity index (χ4n) is 6.24. The number of amides is 3. The largest absolute Gasteiger partial charge is 0.444 e. The van der Waals surface area contributed by atoms with E-state index in [1.54, 1.807) is 45.0 Å². The molecule has 3 amide bonds. The molecule has 0 aromatic heterocycles. The minimum absolute atomic E-state index is 0.0280. The van der Waals surface area contributed by atoms with Crippen LogP contribution in [-0.2, 0) is 27.0 Å². The molecule has 11 heteroatoms. The van der Waals surface area contributed by atoms with E-state index in [0.29, 0.717) is 42.0 Å². The quantitative estimate of drug-likeness (QED) is 0.256. The number of benzene rings is 3. The maximum Gasteiger partial charge on any atom is 0.416 e. The van der Waals surface area contributed by atoms with Crippen LogP contribution in [0.15, 0.2) is 60.7 Å². The van der Waals surface area contributed by atoms with Gasteiger partial charge in [0.2, 0.25) is 5.91 Å². The van der Waals surface area contributed by atoms with E-state index in [1.165, 1.54) is 6.07 Å². The lowest BCUT2D eigenvalue weighted by Gasteiger charge is -2.37. The van der Waals surface area contributed by atoms with Gasteiger partial charge >= 0.3 is 12.3 Å². The first-order valence-electron chi connectivity index (χ1n) is 16.6. The molecule has 2 aliphatic heterocycles. The summed E-state index contributed by atoms with van der Waals surface area (Å²) in [4.78, 5) is 40.5. The maximum atomic E-state index is 13.6. The van der Waals surface area contributed by atoms with Crippen molar-refractivity contribution in [1.29, 1.82) is 0 Å². The fourth-order valence-corrected chi connectivity index (χ4v) is 6.24. The molecule has 2 N–H and O–H groups in total. The highest BCUT2D eigenvalue weighted by atomic mass is 19.4. The van der Waals surface area contributed by atoms with Gasteiger partial charge in [-0.25, -0.2) is 4.79 Å². The number of carbonyl (C=O) groups excluding carboxylic acids is 3. The third-order valence-electron chi connectivity index (χ3n) is 8.88. The van der Waals surface area contributed by atoms with Crippen LogP contribution in [0.3, 0.4) is 0 Å². The second kappa shape index (κ2) is 14.6. The van der Waals surface area contributed by atoms with Crippen molar-refractivity contribution in [2.24, 2.45) is 5.92 Å². The first-order chi connectivity index (χ1) is 23.1. The van der Waals surface area contributed by atoms with Gasteiger partial charge in [0.15, 0.2) is 0 Å². The average Bonchev–Trinajstić information content (AvgIpc) is 3.01. The first kappa shape index (κ1) is 35.9. The molecular formula is C38H44F3N3O5. The van der Waals surface area contributed by atoms with Crippen LogP contribution in [0.2, 0.25) is 0 Å². The van der Waals surface area contributed by atoms with Gasteiger partial charge in [0.1, 0.15) is 5.60 Å². The van der Waals surface area contributed by atoms with Gasteiger partial charge in [-0.15, -0.1) is 0 Å². The van der Waals surface area contributed by atoms with Gasteiger partial charge in [0, 0.05) is 31.1 Å². The molecule has 8 nitrogen and oxygen atoms in total. The fraction of sp³-hybridized carbons (Fsp3) is 0.447. The Hall–Kier alpha value is -4.38. The van der Waals surface area contributed by atoms with Crippen molar-refractivity contribution in [2.45, 2.75) is 77.7 Å². The van der Waals surface area contributed by atoms with Gasteiger partial charge in [-0.05, 0) is 99.5 Å². The van der Waals surface area contributed by atoms with E-state index in [1.807, 2.05) is 30.9 Å². The normalized spacial score (nSPS) is 17.6. The third kappa shape index (κ3) is 9.20. The summed E-state index contributed by atoms with van der Waals surface area (Å²) in [6.45, 7) is 11.3. The van der Waals surface area contributed by atoms with E-state index < -0.39 is 29.5 Å². The van der Waals surface area contributed by atoms with Crippen LogP contribution in [0.25, 0.3) is 11.1 Å². The summed E-state index contributed by atoms with van der Waals surface area (Å²) in [5.74, 6) is -0.0231. The smallest absolute Gasteiger partial charge is 0.416 e. The highest BCUT2D eigenvalue weighted by molar-refractivity contribution is 5.95. The van der Waals surface area contributed by atoms with E-state index >= 15 is 0 Å². The Kier molecular flexibility index (Phi) is 10.7. The number of alkyl halides is 3. The lowest BCUT2D eigenvalue weighted by atomic mass is 9.88. The summed E-state index contributed by atoms with van der Waals surface area (Å²) in [7, 11) is 0. The summed E-state index contributed by atoms with van der Waals surface area (Å²) >= 11 is 0. The maximum absolute atomic E-state index is 13.6. The van der Waals surface area contributed by atoms with Crippen molar-refractivity contribution in [1.82, 2.24) is 15.5 Å². The van der Waals surface area contributed by atoms with Crippen molar-refractivity contribution in [3.8, 4) is 11.1 Å². The number of likely N-dealkylation sites (tertiary alicyclic amines) is 1. The SMILES string of the molecule is Cc1cc(C(=O)N[C@H](C)c2ccc(-c3cc(C(F)(F)F)ccc3CNC(=O)OC(C)(C)C)cc2)cc(C2CCCN(C(=O)C3COC3)C2)c1. The highest BCUT2D eigenvalue weighted by Crippen LogP contribution is 2.35. The summed E-state index contributed by atoms with van der Waals surface area (Å²) in [5.41, 5.74) is 3.11. The monoisotopic (exact) mass is 679 g/mol. The molecule has 262 valence electrons. The Morgan fingerprint density at radius 1 is 1.00 bits per heavy atom. The Balaban J connectivity index is 1.28. The molecule has 49 heavy (non-hydrogen) atoms. The molecule has 0 aliphatic carbocycles.